The number of hydrogen-bond acceptors (Lipinski definition) is 5. The molecule has 1 atom stereocenters. The highest BCUT2D eigenvalue weighted by molar-refractivity contribution is 6.02. The van der Waals surface area contributed by atoms with Crippen LogP contribution in [0.4, 0.5) is 26.7 Å². The molecule has 1 saturated carbocycles. The Kier molecular flexibility index (Phi) is 9.64. The van der Waals surface area contributed by atoms with E-state index in [9.17, 15) is 31.5 Å². The van der Waals surface area contributed by atoms with Gasteiger partial charge in [0.1, 0.15) is 18.2 Å². The van der Waals surface area contributed by atoms with Crippen LogP contribution in [0.25, 0.3) is 5.52 Å². The molecule has 42 heavy (non-hydrogen) atoms. The second-order valence-electron chi connectivity index (χ2n) is 10.0. The number of carbonyl (C=O) groups excluding carboxylic acids is 1. The molecule has 0 radical (unpaired) electrons. The lowest BCUT2D eigenvalue weighted by Crippen LogP contribution is -2.52. The number of ether oxygens (including phenoxy) is 1. The first-order chi connectivity index (χ1) is 19.6. The van der Waals surface area contributed by atoms with Crippen molar-refractivity contribution >= 4 is 23.5 Å². The number of carbonyl (C=O) groups is 3. The van der Waals surface area contributed by atoms with E-state index in [2.05, 4.69) is 15.7 Å². The quantitative estimate of drug-likeness (QED) is 0.248. The lowest BCUT2D eigenvalue weighted by atomic mass is 9.98. The van der Waals surface area contributed by atoms with Gasteiger partial charge < -0.3 is 25.6 Å². The third-order valence-electron chi connectivity index (χ3n) is 6.56. The number of alkyl halides is 3. The number of aliphatic carboxylic acids is 1. The Morgan fingerprint density at radius 1 is 1.12 bits per heavy atom. The Morgan fingerprint density at radius 2 is 1.71 bits per heavy atom. The molecule has 2 aromatic heterocycles. The summed E-state index contributed by atoms with van der Waals surface area (Å²) in [5.41, 5.74) is 1.28. The van der Waals surface area contributed by atoms with Gasteiger partial charge in [-0.2, -0.15) is 22.8 Å². The highest BCUT2D eigenvalue weighted by atomic mass is 19.4. The fourth-order valence-corrected chi connectivity index (χ4v) is 3.94. The number of nitrogens with zero attached hydrogens (tertiary/aromatic N) is 2. The van der Waals surface area contributed by atoms with Crippen LogP contribution in [0.2, 0.25) is 0 Å². The van der Waals surface area contributed by atoms with Crippen LogP contribution in [0.15, 0.2) is 30.3 Å². The molecule has 1 aromatic carbocycles. The van der Waals surface area contributed by atoms with Crippen molar-refractivity contribution in [2.75, 3.05) is 6.54 Å². The fraction of sp³-hybridized carbons (Fsp3) is 0.407. The molecule has 10 nitrogen and oxygen atoms in total. The molecule has 4 rings (SSSR count). The molecule has 1 aliphatic carbocycles. The number of carboxylic acid groups (broad SMARTS) is 2. The summed E-state index contributed by atoms with van der Waals surface area (Å²) in [4.78, 5) is 33.4. The SMILES string of the molecule is CCC(C)(CNC(=O)c1c(C2CC2)nn2c(OCc3c(F)cccc3F)cc(C)cc12)NC(=O)O.O=C(O)C(F)(F)F. The average molecular weight is 601 g/mol. The number of aryl methyl sites for hydroxylation is 1. The maximum atomic E-state index is 14.1. The first kappa shape index (κ1) is 32.1. The molecule has 1 aliphatic rings. The summed E-state index contributed by atoms with van der Waals surface area (Å²) >= 11 is 0. The minimum atomic E-state index is -5.08. The molecule has 0 spiro atoms. The monoisotopic (exact) mass is 600 g/mol. The summed E-state index contributed by atoms with van der Waals surface area (Å²) in [7, 11) is 0. The van der Waals surface area contributed by atoms with Crippen LogP contribution in [0, 0.1) is 18.6 Å². The molecule has 4 N–H and O–H groups in total. The number of amides is 2. The van der Waals surface area contributed by atoms with Crippen LogP contribution in [-0.4, -0.2) is 56.1 Å². The smallest absolute Gasteiger partial charge is 0.475 e. The number of fused-ring (bicyclic) bond motifs is 1. The van der Waals surface area contributed by atoms with Gasteiger partial charge in [-0.15, -0.1) is 0 Å². The molecule has 0 aliphatic heterocycles. The number of aromatic nitrogens is 2. The van der Waals surface area contributed by atoms with E-state index in [4.69, 9.17) is 19.7 Å². The minimum Gasteiger partial charge on any atom is -0.475 e. The Balaban J connectivity index is 0.000000616. The second-order valence-corrected chi connectivity index (χ2v) is 10.0. The third-order valence-corrected chi connectivity index (χ3v) is 6.56. The topological polar surface area (TPSA) is 142 Å². The number of halogens is 5. The summed E-state index contributed by atoms with van der Waals surface area (Å²) in [6.07, 6.45) is -3.98. The molecule has 3 aromatic rings. The zero-order chi connectivity index (χ0) is 31.4. The molecule has 1 fully saturated rings. The van der Waals surface area contributed by atoms with Gasteiger partial charge in [0.15, 0.2) is 0 Å². The van der Waals surface area contributed by atoms with Crippen LogP contribution in [0.1, 0.15) is 66.2 Å². The van der Waals surface area contributed by atoms with Crippen molar-refractivity contribution in [3.8, 4) is 5.88 Å². The Morgan fingerprint density at radius 3 is 2.21 bits per heavy atom. The maximum absolute atomic E-state index is 14.1. The van der Waals surface area contributed by atoms with E-state index >= 15 is 0 Å². The fourth-order valence-electron chi connectivity index (χ4n) is 3.94. The van der Waals surface area contributed by atoms with Crippen molar-refractivity contribution < 1.29 is 51.3 Å². The van der Waals surface area contributed by atoms with E-state index in [1.54, 1.807) is 19.1 Å². The molecule has 0 bridgehead atoms. The van der Waals surface area contributed by atoms with E-state index < -0.39 is 35.4 Å². The van der Waals surface area contributed by atoms with Gasteiger partial charge in [0.05, 0.1) is 27.9 Å². The maximum Gasteiger partial charge on any atom is 0.490 e. The number of benzene rings is 1. The Labute approximate surface area is 236 Å². The number of rotatable bonds is 9. The van der Waals surface area contributed by atoms with Crippen molar-refractivity contribution in [2.24, 2.45) is 0 Å². The summed E-state index contributed by atoms with van der Waals surface area (Å²) < 4.78 is 67.2. The van der Waals surface area contributed by atoms with Gasteiger partial charge in [-0.25, -0.2) is 18.4 Å². The predicted octanol–water partition coefficient (Wildman–Crippen LogP) is 5.18. The third kappa shape index (κ3) is 7.85. The van der Waals surface area contributed by atoms with Gasteiger partial charge in [-0.3, -0.25) is 4.79 Å². The molecular weight excluding hydrogens is 571 g/mol. The van der Waals surface area contributed by atoms with Crippen molar-refractivity contribution in [1.29, 1.82) is 0 Å². The van der Waals surface area contributed by atoms with Crippen molar-refractivity contribution in [3.05, 3.63) is 64.4 Å². The summed E-state index contributed by atoms with van der Waals surface area (Å²) in [6.45, 7) is 5.13. The Bertz CT molecular complexity index is 1470. The minimum absolute atomic E-state index is 0.0951. The van der Waals surface area contributed by atoms with Gasteiger partial charge in [0, 0.05) is 18.5 Å². The number of pyridine rings is 1. The van der Waals surface area contributed by atoms with Crippen LogP contribution >= 0.6 is 0 Å². The van der Waals surface area contributed by atoms with Gasteiger partial charge >= 0.3 is 18.2 Å². The Hall–Kier alpha value is -4.43. The summed E-state index contributed by atoms with van der Waals surface area (Å²) in [6, 6.07) is 7.12. The molecular formula is C27H29F5N4O6. The molecule has 15 heteroatoms. The van der Waals surface area contributed by atoms with Crippen molar-refractivity contribution in [2.45, 2.75) is 64.3 Å². The van der Waals surface area contributed by atoms with Crippen molar-refractivity contribution in [3.63, 3.8) is 0 Å². The van der Waals surface area contributed by atoms with Crippen LogP contribution in [0.3, 0.4) is 0 Å². The van der Waals surface area contributed by atoms with E-state index in [0.717, 1.165) is 18.4 Å². The second kappa shape index (κ2) is 12.6. The molecule has 1 unspecified atom stereocenters. The van der Waals surface area contributed by atoms with Crippen molar-refractivity contribution in [1.82, 2.24) is 20.2 Å². The van der Waals surface area contributed by atoms with Crippen LogP contribution in [0.5, 0.6) is 5.88 Å². The van der Waals surface area contributed by atoms with Gasteiger partial charge in [-0.1, -0.05) is 13.0 Å². The molecule has 0 saturated heterocycles. The van der Waals surface area contributed by atoms with Gasteiger partial charge in [0.25, 0.3) is 5.91 Å². The standard InChI is InChI=1S/C25H28F2N4O4.C2HF3O2/c1-4-25(3,29-24(33)34)13-28-23(32)21-19-10-14(2)11-20(31(19)30-22(21)15-8-9-15)35-12-16-17(26)6-5-7-18(16)27;3-2(4,5)1(6)7/h5-7,10-11,15,29H,4,8-9,12-13H2,1-3H3,(H,28,32)(H,33,34);(H,6,7). The first-order valence-electron chi connectivity index (χ1n) is 12.7. The summed E-state index contributed by atoms with van der Waals surface area (Å²) in [5.74, 6) is -4.15. The first-order valence-corrected chi connectivity index (χ1v) is 12.7. The van der Waals surface area contributed by atoms with Gasteiger partial charge in [-0.05, 0) is 56.9 Å². The molecule has 2 amide bonds. The van der Waals surface area contributed by atoms with E-state index in [1.807, 2.05) is 13.8 Å². The van der Waals surface area contributed by atoms with E-state index in [-0.39, 0.29) is 36.4 Å². The average Bonchev–Trinajstić information content (AvgIpc) is 3.66. The lowest BCUT2D eigenvalue weighted by molar-refractivity contribution is -0.192. The number of nitrogens with one attached hydrogen (secondary N) is 2. The lowest BCUT2D eigenvalue weighted by Gasteiger charge is -2.28. The highest BCUT2D eigenvalue weighted by Crippen LogP contribution is 2.42. The van der Waals surface area contributed by atoms with Crippen LogP contribution in [-0.2, 0) is 11.4 Å². The summed E-state index contributed by atoms with van der Waals surface area (Å²) in [5, 5.41) is 26.2. The molecule has 228 valence electrons. The highest BCUT2D eigenvalue weighted by Gasteiger charge is 2.38. The van der Waals surface area contributed by atoms with Crippen LogP contribution < -0.4 is 15.4 Å². The number of carboxylic acids is 1. The van der Waals surface area contributed by atoms with E-state index in [0.29, 0.717) is 23.2 Å². The zero-order valence-corrected chi connectivity index (χ0v) is 22.8. The zero-order valence-electron chi connectivity index (χ0n) is 22.8. The molecule has 2 heterocycles. The van der Waals surface area contributed by atoms with E-state index in [1.165, 1.54) is 22.7 Å². The number of hydrogen-bond donors (Lipinski definition) is 4. The predicted molar refractivity (Wildman–Crippen MR) is 138 cm³/mol. The normalized spacial score (nSPS) is 14.4. The van der Waals surface area contributed by atoms with Gasteiger partial charge in [0.2, 0.25) is 5.88 Å². The largest absolute Gasteiger partial charge is 0.490 e.